The van der Waals surface area contributed by atoms with Crippen molar-refractivity contribution in [3.05, 3.63) is 17.6 Å². The van der Waals surface area contributed by atoms with E-state index in [1.807, 2.05) is 6.92 Å². The average molecular weight is 262 g/mol. The second kappa shape index (κ2) is 6.33. The van der Waals surface area contributed by atoms with E-state index < -0.39 is 0 Å². The van der Waals surface area contributed by atoms with Crippen LogP contribution >= 0.6 is 0 Å². The predicted molar refractivity (Wildman–Crippen MR) is 79.8 cm³/mol. The molecule has 1 aliphatic rings. The number of rotatable bonds is 4. The maximum Gasteiger partial charge on any atom is 0.132 e. The van der Waals surface area contributed by atoms with Gasteiger partial charge < -0.3 is 4.90 Å². The fraction of sp³-hybridized carbons (Fsp3) is 0.733. The molecule has 1 fully saturated rings. The number of aromatic nitrogens is 2. The molecule has 2 heterocycles. The molecule has 2 rings (SSSR count). The molecule has 0 spiro atoms. The van der Waals surface area contributed by atoms with E-state index in [2.05, 4.69) is 46.6 Å². The standard InChI is InChI=1S/C15H26N4/c1-5-6-18-7-9-19(10-8-18)15-11-14(12(2)3)16-13(4)17-15/h11-12H,5-10H2,1-4H3. The lowest BCUT2D eigenvalue weighted by Crippen LogP contribution is -2.46. The summed E-state index contributed by atoms with van der Waals surface area (Å²) < 4.78 is 0. The largest absolute Gasteiger partial charge is 0.354 e. The van der Waals surface area contributed by atoms with Gasteiger partial charge in [0.15, 0.2) is 0 Å². The van der Waals surface area contributed by atoms with Gasteiger partial charge in [-0.25, -0.2) is 9.97 Å². The van der Waals surface area contributed by atoms with Crippen molar-refractivity contribution in [3.8, 4) is 0 Å². The van der Waals surface area contributed by atoms with Crippen LogP contribution in [0.5, 0.6) is 0 Å². The third kappa shape index (κ3) is 3.66. The van der Waals surface area contributed by atoms with Crippen LogP contribution in [0.25, 0.3) is 0 Å². The summed E-state index contributed by atoms with van der Waals surface area (Å²) in [7, 11) is 0. The van der Waals surface area contributed by atoms with Gasteiger partial charge in [-0.3, -0.25) is 4.90 Å². The Morgan fingerprint density at radius 3 is 2.42 bits per heavy atom. The minimum Gasteiger partial charge on any atom is -0.354 e. The molecule has 0 unspecified atom stereocenters. The summed E-state index contributed by atoms with van der Waals surface area (Å²) in [5.41, 5.74) is 1.15. The van der Waals surface area contributed by atoms with Gasteiger partial charge in [0.2, 0.25) is 0 Å². The van der Waals surface area contributed by atoms with Crippen LogP contribution in [-0.2, 0) is 0 Å². The van der Waals surface area contributed by atoms with Crippen LogP contribution < -0.4 is 4.90 Å². The van der Waals surface area contributed by atoms with Crippen molar-refractivity contribution in [2.45, 2.75) is 40.0 Å². The lowest BCUT2D eigenvalue weighted by atomic mass is 10.1. The molecular weight excluding hydrogens is 236 g/mol. The van der Waals surface area contributed by atoms with Gasteiger partial charge in [-0.15, -0.1) is 0 Å². The normalized spacial score (nSPS) is 17.2. The fourth-order valence-corrected chi connectivity index (χ4v) is 2.55. The summed E-state index contributed by atoms with van der Waals surface area (Å²) in [5, 5.41) is 0. The van der Waals surface area contributed by atoms with Gasteiger partial charge in [0.25, 0.3) is 0 Å². The molecule has 1 aromatic heterocycles. The Kier molecular flexibility index (Phi) is 4.75. The van der Waals surface area contributed by atoms with E-state index in [0.717, 1.165) is 43.5 Å². The first-order chi connectivity index (χ1) is 9.10. The van der Waals surface area contributed by atoms with E-state index in [1.54, 1.807) is 0 Å². The topological polar surface area (TPSA) is 32.3 Å². The van der Waals surface area contributed by atoms with E-state index in [4.69, 9.17) is 0 Å². The number of hydrogen-bond donors (Lipinski definition) is 0. The molecule has 0 N–H and O–H groups in total. The monoisotopic (exact) mass is 262 g/mol. The van der Waals surface area contributed by atoms with Gasteiger partial charge in [-0.1, -0.05) is 20.8 Å². The summed E-state index contributed by atoms with van der Waals surface area (Å²) >= 11 is 0. The molecule has 0 aromatic carbocycles. The number of nitrogens with zero attached hydrogens (tertiary/aromatic N) is 4. The molecule has 0 aliphatic carbocycles. The summed E-state index contributed by atoms with van der Waals surface area (Å²) in [4.78, 5) is 14.1. The molecule has 0 amide bonds. The maximum atomic E-state index is 4.61. The van der Waals surface area contributed by atoms with Gasteiger partial charge in [-0.2, -0.15) is 0 Å². The minimum atomic E-state index is 0.460. The van der Waals surface area contributed by atoms with Gasteiger partial charge in [-0.05, 0) is 25.8 Å². The van der Waals surface area contributed by atoms with Crippen molar-refractivity contribution in [2.24, 2.45) is 0 Å². The second-order valence-electron chi connectivity index (χ2n) is 5.68. The van der Waals surface area contributed by atoms with Crippen LogP contribution in [0.2, 0.25) is 0 Å². The summed E-state index contributed by atoms with van der Waals surface area (Å²) in [6.45, 7) is 14.3. The van der Waals surface area contributed by atoms with Crippen molar-refractivity contribution in [2.75, 3.05) is 37.6 Å². The molecule has 0 bridgehead atoms. The summed E-state index contributed by atoms with van der Waals surface area (Å²) in [6.07, 6.45) is 1.24. The fourth-order valence-electron chi connectivity index (χ4n) is 2.55. The van der Waals surface area contributed by atoms with E-state index in [0.29, 0.717) is 5.92 Å². The molecule has 4 nitrogen and oxygen atoms in total. The predicted octanol–water partition coefficient (Wildman–Crippen LogP) is 2.44. The van der Waals surface area contributed by atoms with Crippen LogP contribution in [0, 0.1) is 6.92 Å². The Morgan fingerprint density at radius 2 is 1.84 bits per heavy atom. The zero-order valence-corrected chi connectivity index (χ0v) is 12.7. The number of hydrogen-bond acceptors (Lipinski definition) is 4. The highest BCUT2D eigenvalue weighted by Gasteiger charge is 2.18. The highest BCUT2D eigenvalue weighted by atomic mass is 15.3. The first-order valence-electron chi connectivity index (χ1n) is 7.43. The lowest BCUT2D eigenvalue weighted by Gasteiger charge is -2.35. The molecule has 0 saturated carbocycles. The first-order valence-corrected chi connectivity index (χ1v) is 7.43. The summed E-state index contributed by atoms with van der Waals surface area (Å²) in [6, 6.07) is 2.16. The molecule has 0 atom stereocenters. The maximum absolute atomic E-state index is 4.61. The molecule has 1 saturated heterocycles. The van der Waals surface area contributed by atoms with E-state index >= 15 is 0 Å². The van der Waals surface area contributed by atoms with Crippen LogP contribution in [-0.4, -0.2) is 47.6 Å². The van der Waals surface area contributed by atoms with E-state index in [-0.39, 0.29) is 0 Å². The van der Waals surface area contributed by atoms with Crippen molar-refractivity contribution >= 4 is 5.82 Å². The van der Waals surface area contributed by atoms with Gasteiger partial charge >= 0.3 is 0 Å². The minimum absolute atomic E-state index is 0.460. The Hall–Kier alpha value is -1.16. The van der Waals surface area contributed by atoms with Gasteiger partial charge in [0, 0.05) is 37.9 Å². The Balaban J connectivity index is 2.06. The molecule has 106 valence electrons. The SMILES string of the molecule is CCCN1CCN(c2cc(C(C)C)nc(C)n2)CC1. The third-order valence-electron chi connectivity index (χ3n) is 3.67. The van der Waals surface area contributed by atoms with E-state index in [1.165, 1.54) is 13.0 Å². The van der Waals surface area contributed by atoms with Crippen molar-refractivity contribution in [1.82, 2.24) is 14.9 Å². The van der Waals surface area contributed by atoms with Gasteiger partial charge in [0.05, 0.1) is 0 Å². The highest BCUT2D eigenvalue weighted by Crippen LogP contribution is 2.19. The highest BCUT2D eigenvalue weighted by molar-refractivity contribution is 5.41. The molecule has 0 radical (unpaired) electrons. The Bertz CT molecular complexity index is 409. The average Bonchev–Trinajstić information content (AvgIpc) is 2.39. The van der Waals surface area contributed by atoms with Crippen molar-refractivity contribution in [3.63, 3.8) is 0 Å². The van der Waals surface area contributed by atoms with Crippen LogP contribution in [0.1, 0.15) is 44.6 Å². The van der Waals surface area contributed by atoms with Gasteiger partial charge in [0.1, 0.15) is 11.6 Å². The van der Waals surface area contributed by atoms with E-state index in [9.17, 15) is 0 Å². The number of anilines is 1. The molecule has 1 aliphatic heterocycles. The van der Waals surface area contributed by atoms with Crippen LogP contribution in [0.15, 0.2) is 6.07 Å². The molecule has 1 aromatic rings. The number of piperazine rings is 1. The zero-order chi connectivity index (χ0) is 13.8. The van der Waals surface area contributed by atoms with Crippen LogP contribution in [0.3, 0.4) is 0 Å². The Morgan fingerprint density at radius 1 is 1.16 bits per heavy atom. The lowest BCUT2D eigenvalue weighted by molar-refractivity contribution is 0.258. The second-order valence-corrected chi connectivity index (χ2v) is 5.68. The Labute approximate surface area is 116 Å². The van der Waals surface area contributed by atoms with Crippen molar-refractivity contribution in [1.29, 1.82) is 0 Å². The summed E-state index contributed by atoms with van der Waals surface area (Å²) in [5.74, 6) is 2.45. The first kappa shape index (κ1) is 14.3. The van der Waals surface area contributed by atoms with Crippen LogP contribution in [0.4, 0.5) is 5.82 Å². The number of aryl methyl sites for hydroxylation is 1. The van der Waals surface area contributed by atoms with Crippen molar-refractivity contribution < 1.29 is 0 Å². The molecule has 19 heavy (non-hydrogen) atoms. The molecule has 4 heteroatoms. The smallest absolute Gasteiger partial charge is 0.132 e. The quantitative estimate of drug-likeness (QED) is 0.834. The molecular formula is C15H26N4. The zero-order valence-electron chi connectivity index (χ0n) is 12.7. The third-order valence-corrected chi connectivity index (χ3v) is 3.67.